The zero-order valence-electron chi connectivity index (χ0n) is 34.4. The van der Waals surface area contributed by atoms with Crippen molar-refractivity contribution in [3.05, 3.63) is 89.5 Å². The first-order valence-electron chi connectivity index (χ1n) is 17.3. The molecule has 19 heteroatoms. The summed E-state index contributed by atoms with van der Waals surface area (Å²) in [5.41, 5.74) is -1.07. The van der Waals surface area contributed by atoms with E-state index in [1.54, 1.807) is 60.7 Å². The van der Waals surface area contributed by atoms with Gasteiger partial charge in [0.2, 0.25) is 0 Å². The number of carbonyl (C=O) groups excluding carboxylic acids is 2. The molecule has 2 unspecified atom stereocenters. The second-order valence-corrected chi connectivity index (χ2v) is 15.7. The van der Waals surface area contributed by atoms with E-state index in [0.717, 1.165) is 19.8 Å². The number of ether oxygens (including phenoxy) is 2. The molecule has 0 spiro atoms. The number of hydrogen-bond acceptors (Lipinski definition) is 17. The van der Waals surface area contributed by atoms with E-state index in [0.29, 0.717) is 46.5 Å². The fraction of sp³-hybridized carbons (Fsp3) is 0.487. The molecular weight excluding hydrogens is 828 g/mol. The van der Waals surface area contributed by atoms with Gasteiger partial charge in [-0.25, -0.2) is 0 Å². The first-order valence-corrected chi connectivity index (χ1v) is 20.5. The average molecular weight is 887 g/mol. The second kappa shape index (κ2) is 32.6. The van der Waals surface area contributed by atoms with Crippen LogP contribution in [-0.2, 0) is 14.3 Å². The summed E-state index contributed by atoms with van der Waals surface area (Å²) in [6.07, 6.45) is -1.34. The maximum Gasteiger partial charge on any atom is 1.00 e. The quantitative estimate of drug-likeness (QED) is 0.0229. The number of ketones is 2. The molecule has 0 amide bonds. The van der Waals surface area contributed by atoms with Gasteiger partial charge in [0, 0.05) is 35.5 Å². The van der Waals surface area contributed by atoms with E-state index < -0.39 is 39.3 Å². The van der Waals surface area contributed by atoms with Crippen LogP contribution in [0.3, 0.4) is 0 Å². The van der Waals surface area contributed by atoms with Crippen LogP contribution in [0.4, 0.5) is 0 Å². The number of rotatable bonds is 19. The van der Waals surface area contributed by atoms with Gasteiger partial charge in [-0.1, -0.05) is 17.7 Å². The van der Waals surface area contributed by atoms with E-state index >= 15 is 0 Å². The number of aliphatic hydroxyl groups is 7. The summed E-state index contributed by atoms with van der Waals surface area (Å²) in [5.74, 6) is 1.88. The molecule has 58 heavy (non-hydrogen) atoms. The summed E-state index contributed by atoms with van der Waals surface area (Å²) in [7, 11) is -2.07. The van der Waals surface area contributed by atoms with Crippen molar-refractivity contribution < 1.29 is 102 Å². The Morgan fingerprint density at radius 2 is 1.12 bits per heavy atom. The molecular formula is C39H59NaO15S3. The first kappa shape index (κ1) is 60.2. The fourth-order valence-corrected chi connectivity index (χ4v) is 5.49. The molecule has 0 aliphatic carbocycles. The van der Waals surface area contributed by atoms with Crippen LogP contribution in [0.1, 0.15) is 54.0 Å². The number of aryl methyl sites for hydroxylation is 1. The number of thiol groups is 1. The number of benzene rings is 3. The SMILES string of the molecule is CC(C)(O)C(=O)c1ccc(OCCSCC(O)CO)cc1.CO.C[O-].Cc1ccc(S(=O)(=O)OCCOc2ccc(C(=O)C(C)(C)O)cc2)cc1.OCC(O)CS.[Na+]. The van der Waals surface area contributed by atoms with E-state index in [-0.39, 0.29) is 66.7 Å². The Bertz CT molecular complexity index is 1610. The number of carbonyl (C=O) groups is 2. The molecule has 2 atom stereocenters. The van der Waals surface area contributed by atoms with Gasteiger partial charge in [-0.2, -0.15) is 39.9 Å². The van der Waals surface area contributed by atoms with Gasteiger partial charge in [0.1, 0.15) is 35.9 Å². The predicted molar refractivity (Wildman–Crippen MR) is 221 cm³/mol. The minimum atomic E-state index is -3.82. The summed E-state index contributed by atoms with van der Waals surface area (Å²) in [6, 6.07) is 19.2. The van der Waals surface area contributed by atoms with Crippen molar-refractivity contribution in [3.8, 4) is 11.5 Å². The maximum absolute atomic E-state index is 12.0. The van der Waals surface area contributed by atoms with Crippen LogP contribution >= 0.6 is 24.4 Å². The van der Waals surface area contributed by atoms with Gasteiger partial charge in [-0.05, 0) is 95.3 Å². The summed E-state index contributed by atoms with van der Waals surface area (Å²) in [5, 5.41) is 68.8. The number of thioether (sulfide) groups is 1. The Morgan fingerprint density at radius 3 is 1.47 bits per heavy atom. The van der Waals surface area contributed by atoms with Gasteiger partial charge in [0.25, 0.3) is 10.1 Å². The molecule has 0 heterocycles. The fourth-order valence-electron chi connectivity index (χ4n) is 3.74. The summed E-state index contributed by atoms with van der Waals surface area (Å²) >= 11 is 5.18. The smallest absolute Gasteiger partial charge is 0.857 e. The molecule has 15 nitrogen and oxygen atoms in total. The molecule has 0 aliphatic rings. The molecule has 0 radical (unpaired) electrons. The Balaban J connectivity index is -0.000000849. The van der Waals surface area contributed by atoms with Crippen LogP contribution in [0, 0.1) is 6.92 Å². The van der Waals surface area contributed by atoms with Crippen molar-refractivity contribution in [1.29, 1.82) is 0 Å². The third-order valence-corrected chi connectivity index (χ3v) is 9.51. The number of Topliss-reactive ketones (excluding diaryl/α,β-unsaturated/α-hetero) is 2. The molecule has 0 saturated carbocycles. The van der Waals surface area contributed by atoms with E-state index in [9.17, 15) is 28.2 Å². The zero-order chi connectivity index (χ0) is 44.2. The Hall–Kier alpha value is -2.11. The van der Waals surface area contributed by atoms with Crippen LogP contribution in [0.25, 0.3) is 0 Å². The van der Waals surface area contributed by atoms with E-state index in [1.807, 2.05) is 6.92 Å². The summed E-state index contributed by atoms with van der Waals surface area (Å²) in [4.78, 5) is 23.9. The molecule has 0 fully saturated rings. The van der Waals surface area contributed by atoms with Crippen molar-refractivity contribution in [1.82, 2.24) is 0 Å². The standard InChI is InChI=1S/C19H22O6S.C15H22O5S.C3H8O2S.CH4O.CH3O.Na/c1-14-4-10-17(11-5-14)26(22,23)25-13-12-24-16-8-6-15(7-9-16)18(20)19(2,3)21;1-15(2,19)14(18)11-3-5-13(6-4-11)20-7-8-21-10-12(17)9-16;4-1-3(5)2-6;2*1-2;/h4-11,21H,12-13H2,1-3H3;3-6,12,16-17,19H,7-10H2,1-2H3;3-6H,1-2H2;2H,1H3;1H3;/q;;;;-1;+1. The van der Waals surface area contributed by atoms with Crippen molar-refractivity contribution >= 4 is 46.1 Å². The van der Waals surface area contributed by atoms with E-state index in [2.05, 4.69) is 12.6 Å². The normalized spacial score (nSPS) is 11.8. The monoisotopic (exact) mass is 886 g/mol. The van der Waals surface area contributed by atoms with Gasteiger partial charge >= 0.3 is 29.6 Å². The molecule has 0 bridgehead atoms. The summed E-state index contributed by atoms with van der Waals surface area (Å²) < 4.78 is 39.9. The average Bonchev–Trinajstić information content (AvgIpc) is 3.20. The molecule has 0 aliphatic heterocycles. The summed E-state index contributed by atoms with van der Waals surface area (Å²) in [6.45, 7) is 7.57. The van der Waals surface area contributed by atoms with Crippen molar-refractivity contribution in [2.45, 2.75) is 62.9 Å². The molecule has 3 rings (SSSR count). The predicted octanol–water partition coefficient (Wildman–Crippen LogP) is -1.30. The van der Waals surface area contributed by atoms with Crippen LogP contribution < -0.4 is 44.1 Å². The first-order chi connectivity index (χ1) is 26.7. The Labute approximate surface area is 374 Å². The van der Waals surface area contributed by atoms with Crippen molar-refractivity contribution in [2.75, 3.05) is 64.5 Å². The zero-order valence-corrected chi connectivity index (χ0v) is 38.9. The third kappa shape index (κ3) is 26.2. The molecule has 3 aromatic carbocycles. The van der Waals surface area contributed by atoms with Crippen LogP contribution in [0.15, 0.2) is 77.7 Å². The van der Waals surface area contributed by atoms with Crippen molar-refractivity contribution in [3.63, 3.8) is 0 Å². The van der Waals surface area contributed by atoms with Gasteiger partial charge in [-0.15, -0.1) is 0 Å². The van der Waals surface area contributed by atoms with Gasteiger partial charge in [0.15, 0.2) is 11.6 Å². The topological polar surface area (TPSA) is 261 Å². The Morgan fingerprint density at radius 1 is 0.724 bits per heavy atom. The van der Waals surface area contributed by atoms with Gasteiger partial charge < -0.3 is 50.3 Å². The molecule has 0 saturated heterocycles. The van der Waals surface area contributed by atoms with Gasteiger partial charge in [0.05, 0.1) is 36.9 Å². The molecule has 0 aromatic heterocycles. The second-order valence-electron chi connectivity index (χ2n) is 12.5. The van der Waals surface area contributed by atoms with Crippen LogP contribution in [0.5, 0.6) is 11.5 Å². The van der Waals surface area contributed by atoms with Gasteiger partial charge in [-0.3, -0.25) is 13.8 Å². The molecule has 7 N–H and O–H groups in total. The number of aliphatic hydroxyl groups excluding tert-OH is 5. The molecule has 3 aromatic rings. The number of hydrogen-bond donors (Lipinski definition) is 8. The van der Waals surface area contributed by atoms with Crippen LogP contribution in [-0.4, -0.2) is 144 Å². The largest absolute Gasteiger partial charge is 1.00 e. The Kier molecular flexibility index (Phi) is 33.9. The van der Waals surface area contributed by atoms with Crippen LogP contribution in [0.2, 0.25) is 0 Å². The van der Waals surface area contributed by atoms with E-state index in [1.165, 1.54) is 51.6 Å². The van der Waals surface area contributed by atoms with Crippen molar-refractivity contribution in [2.24, 2.45) is 0 Å². The minimum absolute atomic E-state index is 0. The molecule has 324 valence electrons. The minimum Gasteiger partial charge on any atom is -0.857 e. The van der Waals surface area contributed by atoms with E-state index in [4.69, 9.17) is 44.3 Å². The third-order valence-electron chi connectivity index (χ3n) is 6.68. The maximum atomic E-state index is 12.0.